The standard InChI is InChI=1S/C24H22N4O/c1-4-5-7-10-17(2)22-25-18(3)26-24(27-22)28-23(29)21-15-13-20(14-16-21)19-11-8-6-9-12-19/h4-16H,1H2,2-3H3,(H,25,26,27,28,29)/b7-5-,17-10+. The summed E-state index contributed by atoms with van der Waals surface area (Å²) in [6, 6.07) is 17.4. The summed E-state index contributed by atoms with van der Waals surface area (Å²) in [6.45, 7) is 7.30. The van der Waals surface area contributed by atoms with E-state index in [0.29, 0.717) is 17.2 Å². The van der Waals surface area contributed by atoms with Gasteiger partial charge in [0.05, 0.1) is 0 Å². The van der Waals surface area contributed by atoms with Crippen LogP contribution in [-0.2, 0) is 0 Å². The molecule has 0 aliphatic rings. The molecule has 0 atom stereocenters. The number of benzene rings is 2. The number of aryl methyl sites for hydroxylation is 1. The van der Waals surface area contributed by atoms with E-state index in [0.717, 1.165) is 16.7 Å². The average Bonchev–Trinajstić information content (AvgIpc) is 2.74. The van der Waals surface area contributed by atoms with Crippen molar-refractivity contribution >= 4 is 17.4 Å². The molecule has 0 aliphatic carbocycles. The summed E-state index contributed by atoms with van der Waals surface area (Å²) >= 11 is 0. The average molecular weight is 382 g/mol. The van der Waals surface area contributed by atoms with Crippen molar-refractivity contribution in [2.75, 3.05) is 5.32 Å². The number of rotatable bonds is 6. The number of hydrogen-bond donors (Lipinski definition) is 1. The van der Waals surface area contributed by atoms with Crippen LogP contribution in [0.4, 0.5) is 5.95 Å². The Morgan fingerprint density at radius 1 is 0.931 bits per heavy atom. The SMILES string of the molecule is C=C/C=C\C=C(/C)c1nc(C)nc(NC(=O)c2ccc(-c3ccccc3)cc2)n1. The number of nitrogens with one attached hydrogen (secondary N) is 1. The van der Waals surface area contributed by atoms with Crippen LogP contribution in [0.1, 0.15) is 28.9 Å². The molecular formula is C24H22N4O. The lowest BCUT2D eigenvalue weighted by Crippen LogP contribution is -2.16. The first-order valence-electron chi connectivity index (χ1n) is 9.22. The van der Waals surface area contributed by atoms with E-state index < -0.39 is 0 Å². The van der Waals surface area contributed by atoms with Crippen molar-refractivity contribution in [3.63, 3.8) is 0 Å². The van der Waals surface area contributed by atoms with Gasteiger partial charge in [0.1, 0.15) is 5.82 Å². The topological polar surface area (TPSA) is 67.8 Å². The summed E-state index contributed by atoms with van der Waals surface area (Å²) in [4.78, 5) is 25.5. The number of aromatic nitrogens is 3. The molecule has 144 valence electrons. The maximum Gasteiger partial charge on any atom is 0.258 e. The highest BCUT2D eigenvalue weighted by Crippen LogP contribution is 2.19. The summed E-state index contributed by atoms with van der Waals surface area (Å²) in [7, 11) is 0. The van der Waals surface area contributed by atoms with Gasteiger partial charge in [-0.05, 0) is 42.7 Å². The second-order valence-corrected chi connectivity index (χ2v) is 6.40. The molecule has 1 aromatic heterocycles. The van der Waals surface area contributed by atoms with E-state index in [4.69, 9.17) is 0 Å². The van der Waals surface area contributed by atoms with Crippen LogP contribution < -0.4 is 5.32 Å². The highest BCUT2D eigenvalue weighted by atomic mass is 16.1. The molecule has 0 aliphatic heterocycles. The van der Waals surface area contributed by atoms with Gasteiger partial charge in [0.25, 0.3) is 5.91 Å². The summed E-state index contributed by atoms with van der Waals surface area (Å²) in [6.07, 6.45) is 7.24. The lowest BCUT2D eigenvalue weighted by Gasteiger charge is -2.08. The molecule has 0 radical (unpaired) electrons. The largest absolute Gasteiger partial charge is 0.290 e. The zero-order chi connectivity index (χ0) is 20.6. The van der Waals surface area contributed by atoms with Crippen LogP contribution >= 0.6 is 0 Å². The highest BCUT2D eigenvalue weighted by molar-refractivity contribution is 6.03. The molecule has 2 aromatic carbocycles. The van der Waals surface area contributed by atoms with Crippen LogP contribution in [0.5, 0.6) is 0 Å². The lowest BCUT2D eigenvalue weighted by atomic mass is 10.0. The Morgan fingerprint density at radius 3 is 2.31 bits per heavy atom. The van der Waals surface area contributed by atoms with Gasteiger partial charge in [-0.2, -0.15) is 9.97 Å². The van der Waals surface area contributed by atoms with Crippen LogP contribution in [0.25, 0.3) is 16.7 Å². The van der Waals surface area contributed by atoms with Crippen molar-refractivity contribution in [1.29, 1.82) is 0 Å². The fraction of sp³-hybridized carbons (Fsp3) is 0.0833. The number of hydrogen-bond acceptors (Lipinski definition) is 4. The fourth-order valence-corrected chi connectivity index (χ4v) is 2.69. The number of amides is 1. The van der Waals surface area contributed by atoms with E-state index in [1.54, 1.807) is 25.1 Å². The van der Waals surface area contributed by atoms with E-state index >= 15 is 0 Å². The number of anilines is 1. The second kappa shape index (κ2) is 9.37. The Morgan fingerprint density at radius 2 is 1.62 bits per heavy atom. The van der Waals surface area contributed by atoms with Crippen LogP contribution in [0, 0.1) is 6.92 Å². The van der Waals surface area contributed by atoms with Crippen molar-refractivity contribution in [1.82, 2.24) is 15.0 Å². The van der Waals surface area contributed by atoms with Crippen molar-refractivity contribution in [2.45, 2.75) is 13.8 Å². The minimum Gasteiger partial charge on any atom is -0.290 e. The first kappa shape index (κ1) is 19.9. The van der Waals surface area contributed by atoms with Gasteiger partial charge in [-0.1, -0.05) is 73.3 Å². The Bertz CT molecular complexity index is 1070. The maximum atomic E-state index is 12.6. The van der Waals surface area contributed by atoms with Crippen LogP contribution in [-0.4, -0.2) is 20.9 Å². The molecule has 3 rings (SSSR count). The molecular weight excluding hydrogens is 360 g/mol. The predicted molar refractivity (Wildman–Crippen MR) is 117 cm³/mol. The van der Waals surface area contributed by atoms with Gasteiger partial charge in [-0.3, -0.25) is 10.1 Å². The second-order valence-electron chi connectivity index (χ2n) is 6.40. The number of carbonyl (C=O) groups is 1. The van der Waals surface area contributed by atoms with Crippen molar-refractivity contribution in [3.05, 3.63) is 103 Å². The zero-order valence-corrected chi connectivity index (χ0v) is 16.5. The molecule has 5 heteroatoms. The molecule has 0 saturated heterocycles. The normalized spacial score (nSPS) is 11.4. The van der Waals surface area contributed by atoms with Gasteiger partial charge < -0.3 is 0 Å². The number of allylic oxidation sites excluding steroid dienone is 5. The fourth-order valence-electron chi connectivity index (χ4n) is 2.69. The molecule has 0 unspecified atom stereocenters. The number of carbonyl (C=O) groups excluding carboxylic acids is 1. The molecule has 3 aromatic rings. The molecule has 0 spiro atoms. The molecule has 5 nitrogen and oxygen atoms in total. The van der Waals surface area contributed by atoms with Crippen molar-refractivity contribution in [2.24, 2.45) is 0 Å². The molecule has 1 heterocycles. The highest BCUT2D eigenvalue weighted by Gasteiger charge is 2.11. The van der Waals surface area contributed by atoms with Gasteiger partial charge >= 0.3 is 0 Å². The Kier molecular flexibility index (Phi) is 6.43. The third-order valence-electron chi connectivity index (χ3n) is 4.17. The van der Waals surface area contributed by atoms with E-state index in [1.165, 1.54) is 0 Å². The quantitative estimate of drug-likeness (QED) is 0.592. The van der Waals surface area contributed by atoms with E-state index in [9.17, 15) is 4.79 Å². The van der Waals surface area contributed by atoms with Crippen LogP contribution in [0.2, 0.25) is 0 Å². The molecule has 29 heavy (non-hydrogen) atoms. The maximum absolute atomic E-state index is 12.6. The lowest BCUT2D eigenvalue weighted by molar-refractivity contribution is 0.102. The summed E-state index contributed by atoms with van der Waals surface area (Å²) < 4.78 is 0. The first-order valence-corrected chi connectivity index (χ1v) is 9.22. The third kappa shape index (κ3) is 5.32. The molecule has 0 fully saturated rings. The zero-order valence-electron chi connectivity index (χ0n) is 16.5. The van der Waals surface area contributed by atoms with Crippen molar-refractivity contribution < 1.29 is 4.79 Å². The summed E-state index contributed by atoms with van der Waals surface area (Å²) in [5.74, 6) is 1.01. The van der Waals surface area contributed by atoms with E-state index in [2.05, 4.69) is 26.8 Å². The Hall–Kier alpha value is -3.86. The molecule has 1 amide bonds. The smallest absolute Gasteiger partial charge is 0.258 e. The predicted octanol–water partition coefficient (Wildman–Crippen LogP) is 5.24. The monoisotopic (exact) mass is 382 g/mol. The van der Waals surface area contributed by atoms with Gasteiger partial charge in [0.15, 0.2) is 5.82 Å². The molecule has 0 saturated carbocycles. The van der Waals surface area contributed by atoms with Gasteiger partial charge in [0, 0.05) is 5.56 Å². The summed E-state index contributed by atoms with van der Waals surface area (Å²) in [5.41, 5.74) is 3.54. The van der Waals surface area contributed by atoms with Gasteiger partial charge in [-0.15, -0.1) is 0 Å². The van der Waals surface area contributed by atoms with E-state index in [1.807, 2.05) is 67.6 Å². The van der Waals surface area contributed by atoms with Crippen molar-refractivity contribution in [3.8, 4) is 11.1 Å². The van der Waals surface area contributed by atoms with Crippen LogP contribution in [0.15, 0.2) is 85.5 Å². The Balaban J connectivity index is 1.77. The summed E-state index contributed by atoms with van der Waals surface area (Å²) in [5, 5.41) is 2.76. The molecule has 0 bridgehead atoms. The van der Waals surface area contributed by atoms with Gasteiger partial charge in [-0.25, -0.2) is 4.98 Å². The van der Waals surface area contributed by atoms with E-state index in [-0.39, 0.29) is 11.9 Å². The molecule has 1 N–H and O–H groups in total. The van der Waals surface area contributed by atoms with Crippen LogP contribution in [0.3, 0.4) is 0 Å². The minimum atomic E-state index is -0.269. The Labute approximate surface area is 170 Å². The van der Waals surface area contributed by atoms with Gasteiger partial charge in [0.2, 0.25) is 5.95 Å². The first-order chi connectivity index (χ1) is 14.1. The third-order valence-corrected chi connectivity index (χ3v) is 4.17. The minimum absolute atomic E-state index is 0.227. The number of nitrogens with zero attached hydrogens (tertiary/aromatic N) is 3.